The second-order valence-corrected chi connectivity index (χ2v) is 6.38. The number of nitrogens with two attached hydrogens (primary N) is 1. The number of anilines is 1. The number of hydrogen-bond acceptors (Lipinski definition) is 5. The average molecular weight is 392 g/mol. The molecule has 1 saturated heterocycles. The van der Waals surface area contributed by atoms with Gasteiger partial charge in [-0.2, -0.15) is 0 Å². The summed E-state index contributed by atoms with van der Waals surface area (Å²) < 4.78 is 10.5. The Labute approximate surface area is 166 Å². The minimum Gasteiger partial charge on any atom is -0.493 e. The van der Waals surface area contributed by atoms with Crippen LogP contribution < -0.4 is 15.2 Å². The maximum Gasteiger partial charge on any atom is 0.254 e. The van der Waals surface area contributed by atoms with Crippen LogP contribution in [0.4, 0.5) is 5.69 Å². The molecule has 1 fully saturated rings. The standard InChI is InChI=1S/C20H25N3O3.ClH/c1-25-18-7-6-16(13-19(18)26-2)20(24)23-10-8-22(9-11-23)14-15-4-3-5-17(21)12-15;/h3-7,12-13H,8-11,14,21H2,1-2H3;1H. The van der Waals surface area contributed by atoms with E-state index < -0.39 is 0 Å². The first-order chi connectivity index (χ1) is 12.6. The molecule has 27 heavy (non-hydrogen) atoms. The van der Waals surface area contributed by atoms with Gasteiger partial charge in [0.25, 0.3) is 5.91 Å². The number of piperazine rings is 1. The molecule has 2 N–H and O–H groups in total. The van der Waals surface area contributed by atoms with Crippen LogP contribution in [0, 0.1) is 0 Å². The minimum absolute atomic E-state index is 0. The van der Waals surface area contributed by atoms with E-state index in [9.17, 15) is 4.79 Å². The molecule has 7 heteroatoms. The van der Waals surface area contributed by atoms with Crippen molar-refractivity contribution < 1.29 is 14.3 Å². The minimum atomic E-state index is 0. The molecule has 1 aliphatic rings. The summed E-state index contributed by atoms with van der Waals surface area (Å²) in [5.41, 5.74) is 8.44. The van der Waals surface area contributed by atoms with Crippen LogP contribution in [0.2, 0.25) is 0 Å². The Morgan fingerprint density at radius 3 is 2.33 bits per heavy atom. The summed E-state index contributed by atoms with van der Waals surface area (Å²) in [4.78, 5) is 17.0. The highest BCUT2D eigenvalue weighted by molar-refractivity contribution is 5.95. The zero-order valence-corrected chi connectivity index (χ0v) is 16.5. The second kappa shape index (κ2) is 9.48. The van der Waals surface area contributed by atoms with E-state index in [1.54, 1.807) is 32.4 Å². The molecule has 0 saturated carbocycles. The van der Waals surface area contributed by atoms with E-state index in [4.69, 9.17) is 15.2 Å². The number of halogens is 1. The number of carbonyl (C=O) groups excluding carboxylic acids is 1. The van der Waals surface area contributed by atoms with E-state index >= 15 is 0 Å². The van der Waals surface area contributed by atoms with E-state index in [0.717, 1.165) is 25.3 Å². The molecule has 2 aromatic carbocycles. The normalized spacial score (nSPS) is 14.4. The van der Waals surface area contributed by atoms with Crippen LogP contribution >= 0.6 is 12.4 Å². The van der Waals surface area contributed by atoms with Gasteiger partial charge in [-0.3, -0.25) is 9.69 Å². The molecule has 0 unspecified atom stereocenters. The van der Waals surface area contributed by atoms with Gasteiger partial charge in [0.05, 0.1) is 14.2 Å². The van der Waals surface area contributed by atoms with E-state index in [2.05, 4.69) is 11.0 Å². The van der Waals surface area contributed by atoms with Gasteiger partial charge in [0.1, 0.15) is 0 Å². The fourth-order valence-corrected chi connectivity index (χ4v) is 3.21. The average Bonchev–Trinajstić information content (AvgIpc) is 2.67. The summed E-state index contributed by atoms with van der Waals surface area (Å²) in [6.07, 6.45) is 0. The summed E-state index contributed by atoms with van der Waals surface area (Å²) in [6, 6.07) is 13.2. The van der Waals surface area contributed by atoms with Crippen molar-refractivity contribution in [1.82, 2.24) is 9.80 Å². The SMILES string of the molecule is COc1ccc(C(=O)N2CCN(Cc3cccc(N)c3)CC2)cc1OC.Cl. The first-order valence-electron chi connectivity index (χ1n) is 8.69. The highest BCUT2D eigenvalue weighted by Crippen LogP contribution is 2.28. The lowest BCUT2D eigenvalue weighted by Crippen LogP contribution is -2.48. The largest absolute Gasteiger partial charge is 0.493 e. The lowest BCUT2D eigenvalue weighted by molar-refractivity contribution is 0.0628. The Morgan fingerprint density at radius 1 is 1.00 bits per heavy atom. The topological polar surface area (TPSA) is 68.0 Å². The monoisotopic (exact) mass is 391 g/mol. The Bertz CT molecular complexity index is 777. The first-order valence-corrected chi connectivity index (χ1v) is 8.69. The smallest absolute Gasteiger partial charge is 0.254 e. The predicted octanol–water partition coefficient (Wildman–Crippen LogP) is 2.67. The molecule has 0 spiro atoms. The Kier molecular flexibility index (Phi) is 7.33. The Balaban J connectivity index is 0.00000261. The lowest BCUT2D eigenvalue weighted by Gasteiger charge is -2.35. The number of hydrogen-bond donors (Lipinski definition) is 1. The summed E-state index contributed by atoms with van der Waals surface area (Å²) >= 11 is 0. The van der Waals surface area contributed by atoms with Crippen LogP contribution in [0.3, 0.4) is 0 Å². The van der Waals surface area contributed by atoms with Gasteiger partial charge in [0, 0.05) is 44.0 Å². The van der Waals surface area contributed by atoms with Gasteiger partial charge in [-0.1, -0.05) is 12.1 Å². The van der Waals surface area contributed by atoms with Crippen molar-refractivity contribution in [2.45, 2.75) is 6.54 Å². The number of methoxy groups -OCH3 is 2. The van der Waals surface area contributed by atoms with Crippen LogP contribution in [0.1, 0.15) is 15.9 Å². The Morgan fingerprint density at radius 2 is 1.70 bits per heavy atom. The van der Waals surface area contributed by atoms with E-state index in [1.807, 2.05) is 23.1 Å². The van der Waals surface area contributed by atoms with Crippen LogP contribution in [-0.4, -0.2) is 56.1 Å². The first kappa shape index (κ1) is 20.9. The number of ether oxygens (including phenoxy) is 2. The van der Waals surface area contributed by atoms with E-state index in [-0.39, 0.29) is 18.3 Å². The third-order valence-corrected chi connectivity index (χ3v) is 4.65. The molecule has 0 bridgehead atoms. The molecule has 0 aliphatic carbocycles. The maximum absolute atomic E-state index is 12.8. The molecule has 0 atom stereocenters. The second-order valence-electron chi connectivity index (χ2n) is 6.38. The van der Waals surface area contributed by atoms with Crippen molar-refractivity contribution in [3.8, 4) is 11.5 Å². The highest BCUT2D eigenvalue weighted by Gasteiger charge is 2.23. The van der Waals surface area contributed by atoms with Gasteiger partial charge in [-0.15, -0.1) is 12.4 Å². The number of nitrogens with zero attached hydrogens (tertiary/aromatic N) is 2. The van der Waals surface area contributed by atoms with Gasteiger partial charge in [0.2, 0.25) is 0 Å². The number of benzene rings is 2. The third-order valence-electron chi connectivity index (χ3n) is 4.65. The van der Waals surface area contributed by atoms with Gasteiger partial charge in [-0.05, 0) is 35.9 Å². The summed E-state index contributed by atoms with van der Waals surface area (Å²) in [6.45, 7) is 3.94. The van der Waals surface area contributed by atoms with Gasteiger partial charge >= 0.3 is 0 Å². The lowest BCUT2D eigenvalue weighted by atomic mass is 10.1. The van der Waals surface area contributed by atoms with Crippen molar-refractivity contribution in [3.63, 3.8) is 0 Å². The molecule has 6 nitrogen and oxygen atoms in total. The van der Waals surface area contributed by atoms with Crippen molar-refractivity contribution in [3.05, 3.63) is 53.6 Å². The van der Waals surface area contributed by atoms with Gasteiger partial charge in [0.15, 0.2) is 11.5 Å². The number of amides is 1. The van der Waals surface area contributed by atoms with Crippen molar-refractivity contribution in [2.75, 3.05) is 46.1 Å². The van der Waals surface area contributed by atoms with Crippen LogP contribution in [0.5, 0.6) is 11.5 Å². The molecular weight excluding hydrogens is 366 g/mol. The predicted molar refractivity (Wildman–Crippen MR) is 109 cm³/mol. The molecule has 0 aromatic heterocycles. The molecule has 1 aliphatic heterocycles. The zero-order valence-electron chi connectivity index (χ0n) is 15.7. The molecule has 1 heterocycles. The van der Waals surface area contributed by atoms with Crippen LogP contribution in [-0.2, 0) is 6.54 Å². The molecular formula is C20H26ClN3O3. The van der Waals surface area contributed by atoms with E-state index in [0.29, 0.717) is 30.2 Å². The maximum atomic E-state index is 12.8. The summed E-state index contributed by atoms with van der Waals surface area (Å²) in [5.74, 6) is 1.21. The van der Waals surface area contributed by atoms with Gasteiger partial charge < -0.3 is 20.1 Å². The quantitative estimate of drug-likeness (QED) is 0.793. The third kappa shape index (κ3) is 5.05. The Hall–Kier alpha value is -2.44. The number of rotatable bonds is 5. The zero-order chi connectivity index (χ0) is 18.5. The summed E-state index contributed by atoms with van der Waals surface area (Å²) in [7, 11) is 3.15. The molecule has 146 valence electrons. The van der Waals surface area contributed by atoms with Crippen molar-refractivity contribution >= 4 is 24.0 Å². The fourth-order valence-electron chi connectivity index (χ4n) is 3.21. The van der Waals surface area contributed by atoms with Crippen molar-refractivity contribution in [2.24, 2.45) is 0 Å². The van der Waals surface area contributed by atoms with E-state index in [1.165, 1.54) is 5.56 Å². The van der Waals surface area contributed by atoms with Gasteiger partial charge in [-0.25, -0.2) is 0 Å². The molecule has 3 rings (SSSR count). The van der Waals surface area contributed by atoms with Crippen LogP contribution in [0.15, 0.2) is 42.5 Å². The number of carbonyl (C=O) groups is 1. The highest BCUT2D eigenvalue weighted by atomic mass is 35.5. The van der Waals surface area contributed by atoms with Crippen molar-refractivity contribution in [1.29, 1.82) is 0 Å². The van der Waals surface area contributed by atoms with Crippen LogP contribution in [0.25, 0.3) is 0 Å². The molecule has 1 amide bonds. The summed E-state index contributed by atoms with van der Waals surface area (Å²) in [5, 5.41) is 0. The molecule has 2 aromatic rings. The number of nitrogen functional groups attached to an aromatic ring is 1. The fraction of sp³-hybridized carbons (Fsp3) is 0.350. The molecule has 0 radical (unpaired) electrons.